The van der Waals surface area contributed by atoms with Gasteiger partial charge in [-0.3, -0.25) is 19.7 Å². The predicted molar refractivity (Wildman–Crippen MR) is 90.2 cm³/mol. The number of carbonyl (C=O) groups is 1. The first-order valence-electron chi connectivity index (χ1n) is 8.12. The van der Waals surface area contributed by atoms with E-state index in [2.05, 4.69) is 27.1 Å². The molecular weight excluding hydrogens is 308 g/mol. The van der Waals surface area contributed by atoms with Gasteiger partial charge in [0.2, 0.25) is 5.95 Å². The summed E-state index contributed by atoms with van der Waals surface area (Å²) in [6.07, 6.45) is 2.36. The molecule has 1 aliphatic heterocycles. The average molecular weight is 330 g/mol. The fraction of sp³-hybridized carbons (Fsp3) is 0.500. The summed E-state index contributed by atoms with van der Waals surface area (Å²) < 4.78 is 0. The van der Waals surface area contributed by atoms with E-state index < -0.39 is 0 Å². The molecule has 0 spiro atoms. The predicted octanol–water partition coefficient (Wildman–Crippen LogP) is 0.710. The topological polar surface area (TPSA) is 98.0 Å². The highest BCUT2D eigenvalue weighted by molar-refractivity contribution is 5.92. The second-order valence-corrected chi connectivity index (χ2v) is 6.21. The zero-order chi connectivity index (χ0) is 17.3. The fourth-order valence-corrected chi connectivity index (χ4v) is 2.84. The van der Waals surface area contributed by atoms with Gasteiger partial charge in [-0.15, -0.1) is 0 Å². The van der Waals surface area contributed by atoms with Crippen molar-refractivity contribution in [3.8, 4) is 0 Å². The second kappa shape index (κ2) is 6.46. The van der Waals surface area contributed by atoms with Crippen LogP contribution in [0.25, 0.3) is 0 Å². The number of rotatable bonds is 4. The number of aromatic amines is 2. The zero-order valence-corrected chi connectivity index (χ0v) is 14.2. The monoisotopic (exact) mass is 330 g/mol. The molecule has 0 aromatic carbocycles. The van der Waals surface area contributed by atoms with Gasteiger partial charge in [0.25, 0.3) is 11.5 Å². The molecule has 2 N–H and O–H groups in total. The Hall–Kier alpha value is -2.64. The van der Waals surface area contributed by atoms with Crippen molar-refractivity contribution in [3.63, 3.8) is 0 Å². The van der Waals surface area contributed by atoms with Crippen molar-refractivity contribution in [2.45, 2.75) is 32.7 Å². The average Bonchev–Trinajstić information content (AvgIpc) is 3.02. The lowest BCUT2D eigenvalue weighted by molar-refractivity contribution is 0.0725. The van der Waals surface area contributed by atoms with Crippen LogP contribution in [0.3, 0.4) is 0 Å². The number of aromatic nitrogens is 4. The summed E-state index contributed by atoms with van der Waals surface area (Å²) in [5, 5.41) is 7.02. The molecule has 0 radical (unpaired) electrons. The Kier molecular flexibility index (Phi) is 4.37. The molecule has 1 amide bonds. The number of hydrogen-bond donors (Lipinski definition) is 2. The summed E-state index contributed by atoms with van der Waals surface area (Å²) in [4.78, 5) is 35.5. The van der Waals surface area contributed by atoms with Gasteiger partial charge in [-0.1, -0.05) is 13.3 Å². The summed E-state index contributed by atoms with van der Waals surface area (Å²) in [5.74, 6) is 0.366. The van der Waals surface area contributed by atoms with Gasteiger partial charge >= 0.3 is 0 Å². The number of fused-ring (bicyclic) bond motifs is 1. The van der Waals surface area contributed by atoms with Crippen LogP contribution in [0.15, 0.2) is 10.9 Å². The van der Waals surface area contributed by atoms with Gasteiger partial charge in [0.05, 0.1) is 12.2 Å². The van der Waals surface area contributed by atoms with Crippen LogP contribution in [0.4, 0.5) is 5.95 Å². The van der Waals surface area contributed by atoms with Crippen LogP contribution >= 0.6 is 0 Å². The van der Waals surface area contributed by atoms with Crippen LogP contribution in [-0.4, -0.2) is 51.6 Å². The molecule has 0 saturated carbocycles. The Bertz CT molecular complexity index is 807. The summed E-state index contributed by atoms with van der Waals surface area (Å²) >= 11 is 0. The van der Waals surface area contributed by atoms with E-state index in [1.165, 1.54) is 0 Å². The van der Waals surface area contributed by atoms with E-state index in [9.17, 15) is 9.59 Å². The van der Waals surface area contributed by atoms with E-state index in [-0.39, 0.29) is 11.5 Å². The largest absolute Gasteiger partial charge is 0.348 e. The molecule has 0 fully saturated rings. The quantitative estimate of drug-likeness (QED) is 0.860. The maximum atomic E-state index is 12.7. The third-order valence-electron chi connectivity index (χ3n) is 4.14. The third kappa shape index (κ3) is 3.04. The third-order valence-corrected chi connectivity index (χ3v) is 4.14. The first kappa shape index (κ1) is 16.2. The molecular formula is C16H22N6O2. The van der Waals surface area contributed by atoms with Crippen LogP contribution in [0.5, 0.6) is 0 Å². The van der Waals surface area contributed by atoms with Gasteiger partial charge in [-0.2, -0.15) is 5.10 Å². The zero-order valence-electron chi connectivity index (χ0n) is 14.2. The normalized spacial score (nSPS) is 13.7. The highest BCUT2D eigenvalue weighted by Gasteiger charge is 2.26. The van der Waals surface area contributed by atoms with E-state index in [1.807, 2.05) is 14.1 Å². The van der Waals surface area contributed by atoms with Gasteiger partial charge in [0, 0.05) is 31.9 Å². The Morgan fingerprint density at radius 1 is 1.42 bits per heavy atom. The maximum absolute atomic E-state index is 12.7. The minimum atomic E-state index is -0.132. The Morgan fingerprint density at radius 2 is 2.21 bits per heavy atom. The number of amides is 1. The highest BCUT2D eigenvalue weighted by atomic mass is 16.2. The van der Waals surface area contributed by atoms with Crippen molar-refractivity contribution < 1.29 is 4.79 Å². The number of hydrogen-bond acceptors (Lipinski definition) is 5. The first-order valence-corrected chi connectivity index (χ1v) is 8.12. The number of anilines is 1. The highest BCUT2D eigenvalue weighted by Crippen LogP contribution is 2.18. The number of aryl methyl sites for hydroxylation is 1. The molecule has 2 aromatic heterocycles. The number of nitrogens with one attached hydrogen (secondary N) is 2. The molecule has 3 rings (SSSR count). The van der Waals surface area contributed by atoms with Gasteiger partial charge in [-0.25, -0.2) is 4.98 Å². The van der Waals surface area contributed by atoms with Crippen LogP contribution in [0.1, 0.15) is 40.8 Å². The molecule has 0 bridgehead atoms. The maximum Gasteiger partial charge on any atom is 0.274 e. The summed E-state index contributed by atoms with van der Waals surface area (Å²) in [7, 11) is 3.63. The fourth-order valence-electron chi connectivity index (χ4n) is 2.84. The molecule has 0 aliphatic carbocycles. The Balaban J connectivity index is 1.83. The van der Waals surface area contributed by atoms with E-state index in [1.54, 1.807) is 15.9 Å². The Labute approximate surface area is 139 Å². The van der Waals surface area contributed by atoms with Gasteiger partial charge in [0.1, 0.15) is 5.69 Å². The lowest BCUT2D eigenvalue weighted by atomic mass is 10.1. The molecule has 8 heteroatoms. The van der Waals surface area contributed by atoms with E-state index >= 15 is 0 Å². The van der Waals surface area contributed by atoms with Gasteiger partial charge in [-0.05, 0) is 18.9 Å². The molecule has 0 atom stereocenters. The van der Waals surface area contributed by atoms with Crippen molar-refractivity contribution in [3.05, 3.63) is 39.1 Å². The second-order valence-electron chi connectivity index (χ2n) is 6.21. The number of H-pyrrole nitrogens is 2. The van der Waals surface area contributed by atoms with Crippen molar-refractivity contribution in [1.29, 1.82) is 0 Å². The Morgan fingerprint density at radius 3 is 2.92 bits per heavy atom. The molecule has 2 aromatic rings. The van der Waals surface area contributed by atoms with Crippen LogP contribution in [0, 0.1) is 0 Å². The summed E-state index contributed by atoms with van der Waals surface area (Å²) in [6, 6.07) is 1.80. The van der Waals surface area contributed by atoms with Crippen molar-refractivity contribution >= 4 is 11.9 Å². The molecule has 128 valence electrons. The van der Waals surface area contributed by atoms with E-state index in [4.69, 9.17) is 0 Å². The molecule has 1 aliphatic rings. The van der Waals surface area contributed by atoms with Crippen molar-refractivity contribution in [2.75, 3.05) is 25.5 Å². The van der Waals surface area contributed by atoms with Crippen LogP contribution < -0.4 is 10.5 Å². The van der Waals surface area contributed by atoms with E-state index in [0.717, 1.165) is 18.5 Å². The number of nitrogens with zero attached hydrogens (tertiary/aromatic N) is 4. The minimum absolute atomic E-state index is 0.124. The summed E-state index contributed by atoms with van der Waals surface area (Å²) in [6.45, 7) is 2.90. The van der Waals surface area contributed by atoms with E-state index in [0.29, 0.717) is 42.4 Å². The molecule has 3 heterocycles. The van der Waals surface area contributed by atoms with Crippen LogP contribution in [-0.2, 0) is 19.4 Å². The SMILES string of the molecule is CCCc1cc(C(=O)N2CCc3c(nc(N(C)C)[nH]c3=O)C2)n[nH]1. The summed E-state index contributed by atoms with van der Waals surface area (Å²) in [5.41, 5.74) is 2.58. The molecule has 24 heavy (non-hydrogen) atoms. The smallest absolute Gasteiger partial charge is 0.274 e. The molecule has 0 saturated heterocycles. The molecule has 0 unspecified atom stereocenters. The number of carbonyl (C=O) groups excluding carboxylic acids is 1. The first-order chi connectivity index (χ1) is 11.5. The minimum Gasteiger partial charge on any atom is -0.348 e. The van der Waals surface area contributed by atoms with Crippen LogP contribution in [0.2, 0.25) is 0 Å². The van der Waals surface area contributed by atoms with Crippen molar-refractivity contribution in [2.24, 2.45) is 0 Å². The lowest BCUT2D eigenvalue weighted by Crippen LogP contribution is -2.39. The van der Waals surface area contributed by atoms with Gasteiger partial charge < -0.3 is 9.80 Å². The van der Waals surface area contributed by atoms with Gasteiger partial charge in [0.15, 0.2) is 0 Å². The van der Waals surface area contributed by atoms with Crippen molar-refractivity contribution in [1.82, 2.24) is 25.1 Å². The molecule has 8 nitrogen and oxygen atoms in total. The lowest BCUT2D eigenvalue weighted by Gasteiger charge is -2.27. The standard InChI is InChI=1S/C16H22N6O2/c1-4-5-10-8-12(20-19-10)15(24)22-7-6-11-13(9-22)17-16(21(2)3)18-14(11)23/h8H,4-7,9H2,1-3H3,(H,19,20)(H,17,18,23).